The minimum atomic E-state index is 0. The second-order valence-electron chi connectivity index (χ2n) is 4.15. The minimum absolute atomic E-state index is 0. The van der Waals surface area contributed by atoms with Crippen LogP contribution in [0.25, 0.3) is 0 Å². The van der Waals surface area contributed by atoms with Gasteiger partial charge in [0, 0.05) is 0 Å². The zero-order chi connectivity index (χ0) is 15.0. The fraction of sp³-hybridized carbons (Fsp3) is 0.500. The average Bonchev–Trinajstić information content (AvgIpc) is 2.50. The minimum Gasteiger partial charge on any atom is -0.377 e. The maximum atomic E-state index is 6.63. The summed E-state index contributed by atoms with van der Waals surface area (Å²) in [5.74, 6) is 0. The largest absolute Gasteiger partial charge is 1.00 e. The number of benzene rings is 1. The third-order valence-corrected chi connectivity index (χ3v) is 2.53. The fourth-order valence-electron chi connectivity index (χ4n) is 1.51. The first-order valence-electron chi connectivity index (χ1n) is 7.05. The number of ether oxygens (including phenoxy) is 4. The monoisotopic (exact) mass is 300 g/mol. The van der Waals surface area contributed by atoms with Crippen molar-refractivity contribution in [2.45, 2.75) is 0 Å². The summed E-state index contributed by atoms with van der Waals surface area (Å²) in [5, 5.41) is 6.63. The molecule has 0 aliphatic carbocycles. The van der Waals surface area contributed by atoms with E-state index in [1.807, 2.05) is 30.3 Å². The number of nitrogens with one attached hydrogen (secondary N) is 1. The molecule has 1 aromatic rings. The molecule has 0 spiro atoms. The van der Waals surface area contributed by atoms with Crippen molar-refractivity contribution in [3.8, 4) is 6.07 Å². The van der Waals surface area contributed by atoms with Crippen molar-refractivity contribution < 1.29 is 43.1 Å². The molecule has 6 heteroatoms. The second kappa shape index (κ2) is 16.4. The molecule has 0 bridgehead atoms. The van der Waals surface area contributed by atoms with Crippen molar-refractivity contribution in [3.63, 3.8) is 0 Å². The van der Waals surface area contributed by atoms with Crippen molar-refractivity contribution in [2.75, 3.05) is 52.9 Å². The van der Waals surface area contributed by atoms with Gasteiger partial charge >= 0.3 is 18.9 Å². The SMILES string of the molecule is C1COCCOCCOCCO1.[Li+].[NH+]#C[CH-]c1ccccc1. The van der Waals surface area contributed by atoms with Gasteiger partial charge in [-0.15, -0.1) is 17.4 Å². The van der Waals surface area contributed by atoms with Gasteiger partial charge in [-0.2, -0.15) is 17.7 Å². The van der Waals surface area contributed by atoms with Crippen LogP contribution in [0.1, 0.15) is 5.56 Å². The van der Waals surface area contributed by atoms with Crippen LogP contribution in [0.15, 0.2) is 30.3 Å². The Bertz CT molecular complexity index is 340. The molecule has 1 heterocycles. The van der Waals surface area contributed by atoms with Gasteiger partial charge in [-0.05, 0) is 6.42 Å². The van der Waals surface area contributed by atoms with Crippen LogP contribution in [-0.4, -0.2) is 52.9 Å². The van der Waals surface area contributed by atoms with Gasteiger partial charge in [0.2, 0.25) is 6.07 Å². The van der Waals surface area contributed by atoms with Crippen LogP contribution < -0.4 is 24.1 Å². The molecule has 1 saturated heterocycles. The van der Waals surface area contributed by atoms with Crippen molar-refractivity contribution in [1.82, 2.24) is 0 Å². The maximum absolute atomic E-state index is 6.63. The van der Waals surface area contributed by atoms with E-state index in [1.165, 1.54) is 0 Å². The summed E-state index contributed by atoms with van der Waals surface area (Å²) < 4.78 is 20.9. The topological polar surface area (TPSA) is 60.7 Å². The van der Waals surface area contributed by atoms with Crippen LogP contribution in [-0.2, 0) is 18.9 Å². The number of hydrogen-bond donors (Lipinski definition) is 1. The molecule has 2 rings (SSSR count). The van der Waals surface area contributed by atoms with E-state index in [9.17, 15) is 0 Å². The Morgan fingerprint density at radius 3 is 1.41 bits per heavy atom. The van der Waals surface area contributed by atoms with E-state index in [-0.39, 0.29) is 18.9 Å². The van der Waals surface area contributed by atoms with Gasteiger partial charge in [-0.25, -0.2) is 0 Å². The Labute approximate surface area is 144 Å². The molecule has 0 amide bonds. The predicted molar refractivity (Wildman–Crippen MR) is 78.0 cm³/mol. The van der Waals surface area contributed by atoms with E-state index in [0.29, 0.717) is 52.9 Å². The first kappa shape index (κ1) is 21.0. The van der Waals surface area contributed by atoms with Gasteiger partial charge in [-0.1, -0.05) is 6.07 Å². The molecule has 5 nitrogen and oxygen atoms in total. The van der Waals surface area contributed by atoms with Gasteiger partial charge in [0.15, 0.2) is 0 Å². The predicted octanol–water partition coefficient (Wildman–Crippen LogP) is -2.92. The van der Waals surface area contributed by atoms with E-state index in [0.717, 1.165) is 5.56 Å². The molecule has 0 saturated carbocycles. The van der Waals surface area contributed by atoms with Gasteiger partial charge < -0.3 is 18.9 Å². The Hall–Kier alpha value is -0.983. The second-order valence-corrected chi connectivity index (χ2v) is 4.15. The van der Waals surface area contributed by atoms with E-state index >= 15 is 0 Å². The smallest absolute Gasteiger partial charge is 0.377 e. The van der Waals surface area contributed by atoms with Crippen LogP contribution in [0.5, 0.6) is 0 Å². The van der Waals surface area contributed by atoms with Crippen molar-refractivity contribution >= 4 is 0 Å². The maximum Gasteiger partial charge on any atom is 1.00 e. The molecule has 22 heavy (non-hydrogen) atoms. The van der Waals surface area contributed by atoms with Gasteiger partial charge in [0.25, 0.3) is 0 Å². The van der Waals surface area contributed by atoms with Gasteiger partial charge in [0.05, 0.1) is 52.9 Å². The molecular formula is C16H23LiNO4+. The standard InChI is InChI=1S/C8H6N.C8H16O4.Li/c9-7-6-8-4-2-1-3-5-8;1-2-10-5-6-12-8-7-11-4-3-9-1;/h1-6H;1-8H2;/q-1;;+1/p+1. The number of rotatable bonds is 1. The Kier molecular flexibility index (Phi) is 15.7. The van der Waals surface area contributed by atoms with Crippen molar-refractivity contribution in [3.05, 3.63) is 42.3 Å². The molecule has 1 fully saturated rings. The quantitative estimate of drug-likeness (QED) is 0.446. The first-order chi connectivity index (χ1) is 10.4. The fourth-order valence-corrected chi connectivity index (χ4v) is 1.51. The van der Waals surface area contributed by atoms with Crippen molar-refractivity contribution in [1.29, 1.82) is 0 Å². The summed E-state index contributed by atoms with van der Waals surface area (Å²) in [6, 6.07) is 11.9. The van der Waals surface area contributed by atoms with Crippen LogP contribution in [0, 0.1) is 12.5 Å². The van der Waals surface area contributed by atoms with E-state index in [1.54, 1.807) is 6.42 Å². The molecule has 0 atom stereocenters. The molecule has 1 aromatic carbocycles. The molecule has 1 N–H and O–H groups in total. The van der Waals surface area contributed by atoms with Crippen LogP contribution >= 0.6 is 0 Å². The molecular weight excluding hydrogens is 277 g/mol. The summed E-state index contributed by atoms with van der Waals surface area (Å²) in [5.41, 5.74) is 1.02. The number of hydrogen-bond acceptors (Lipinski definition) is 4. The third kappa shape index (κ3) is 12.7. The van der Waals surface area contributed by atoms with Gasteiger partial charge in [0.1, 0.15) is 0 Å². The summed E-state index contributed by atoms with van der Waals surface area (Å²) in [6.45, 7) is 5.14. The van der Waals surface area contributed by atoms with E-state index in [4.69, 9.17) is 24.2 Å². The normalized spacial score (nSPS) is 16.3. The van der Waals surface area contributed by atoms with Crippen LogP contribution in [0.3, 0.4) is 0 Å². The summed E-state index contributed by atoms with van der Waals surface area (Å²) in [6.07, 6.45) is 1.62. The summed E-state index contributed by atoms with van der Waals surface area (Å²) in [4.78, 5) is 0. The Morgan fingerprint density at radius 1 is 0.727 bits per heavy atom. The Balaban J connectivity index is 0.000000397. The Morgan fingerprint density at radius 2 is 1.09 bits per heavy atom. The van der Waals surface area contributed by atoms with Crippen molar-refractivity contribution in [2.24, 2.45) is 0 Å². The third-order valence-electron chi connectivity index (χ3n) is 2.53. The summed E-state index contributed by atoms with van der Waals surface area (Å²) >= 11 is 0. The van der Waals surface area contributed by atoms with Crippen LogP contribution in [0.4, 0.5) is 0 Å². The molecule has 116 valence electrons. The van der Waals surface area contributed by atoms with E-state index < -0.39 is 0 Å². The molecule has 0 aromatic heterocycles. The average molecular weight is 300 g/mol. The van der Waals surface area contributed by atoms with Crippen LogP contribution in [0.2, 0.25) is 0 Å². The first-order valence-corrected chi connectivity index (χ1v) is 7.05. The zero-order valence-electron chi connectivity index (χ0n) is 13.3. The molecule has 0 radical (unpaired) electrons. The summed E-state index contributed by atoms with van der Waals surface area (Å²) in [7, 11) is 0. The molecule has 1 aliphatic rings. The zero-order valence-corrected chi connectivity index (χ0v) is 13.3. The molecule has 1 aliphatic heterocycles. The van der Waals surface area contributed by atoms with E-state index in [2.05, 4.69) is 6.07 Å². The van der Waals surface area contributed by atoms with Gasteiger partial charge in [-0.3, -0.25) is 0 Å². The molecule has 0 unspecified atom stereocenters.